The molecule has 3 aromatic carbocycles. The van der Waals surface area contributed by atoms with Crippen molar-refractivity contribution in [3.63, 3.8) is 0 Å². The number of nitrogens with zero attached hydrogens (tertiary/aromatic N) is 2. The molecule has 0 saturated heterocycles. The zero-order chi connectivity index (χ0) is 50.0. The van der Waals surface area contributed by atoms with Gasteiger partial charge in [-0.15, -0.1) is 0 Å². The predicted molar refractivity (Wildman–Crippen MR) is 257 cm³/mol. The standard InChI is InChI=1S/C49H60N2O14S4.3Na/c1-48(2)40-32-38(67-65-63-55)21-23-42(40)51(28-8-10-30-68(56,57)58)44(48)25-19-35-15-12-16-36(47(35)37-17-11-14-34(31-37)13-5-6-18-46(52)53)20-26-45-49(3,4)41-33-39(69(59,60)61)22-24-43(41)50(45)27-7-9-29-66-64-62-54;;;/h11,14,17,19-26,31-33H,5-10,12-13,15-16,18,27-30H2,1-4H3,(H4-,52,53,54,55,56,57,58,59,60,61);;;/q;3*+1/p-3. The molecular formula is C49H57N2Na3O14S4. The molecule has 0 bridgehead atoms. The van der Waals surface area contributed by atoms with Crippen LogP contribution in [-0.2, 0) is 61.0 Å². The minimum atomic E-state index is -4.73. The second kappa shape index (κ2) is 29.5. The quantitative estimate of drug-likeness (QED) is 0.0199. The Bertz CT molecular complexity index is 2760. The summed E-state index contributed by atoms with van der Waals surface area (Å²) in [5, 5.41) is 37.4. The third kappa shape index (κ3) is 17.2. The molecule has 0 aromatic heterocycles. The molecule has 3 aliphatic rings. The van der Waals surface area contributed by atoms with Crippen molar-refractivity contribution in [2.75, 3.05) is 29.5 Å². The van der Waals surface area contributed by atoms with Gasteiger partial charge in [0.05, 0.1) is 32.5 Å². The molecule has 23 heteroatoms. The van der Waals surface area contributed by atoms with Crippen molar-refractivity contribution in [2.45, 2.75) is 119 Å². The first-order valence-electron chi connectivity index (χ1n) is 22.7. The zero-order valence-corrected chi connectivity index (χ0v) is 51.2. The summed E-state index contributed by atoms with van der Waals surface area (Å²) in [6.07, 6.45) is 14.8. The van der Waals surface area contributed by atoms with Crippen molar-refractivity contribution in [1.29, 1.82) is 0 Å². The predicted octanol–water partition coefficient (Wildman–Crippen LogP) is -1.21. The van der Waals surface area contributed by atoms with Crippen LogP contribution in [0.3, 0.4) is 0 Å². The monoisotopic (exact) mass is 1090 g/mol. The van der Waals surface area contributed by atoms with Crippen molar-refractivity contribution in [1.82, 2.24) is 0 Å². The molecule has 3 aromatic rings. The van der Waals surface area contributed by atoms with Crippen LogP contribution in [0.15, 0.2) is 112 Å². The van der Waals surface area contributed by atoms with Gasteiger partial charge in [-0.1, -0.05) is 50.3 Å². The molecule has 0 atom stereocenters. The number of allylic oxidation sites excluding steroid dienone is 8. The van der Waals surface area contributed by atoms with E-state index in [0.29, 0.717) is 67.8 Å². The smallest absolute Gasteiger partial charge is 0.748 e. The Hall–Kier alpha value is -1.16. The number of aryl methyl sites for hydroxylation is 1. The fourth-order valence-corrected chi connectivity index (χ4v) is 11.4. The summed E-state index contributed by atoms with van der Waals surface area (Å²) in [6, 6.07) is 18.4. The van der Waals surface area contributed by atoms with E-state index in [1.165, 1.54) is 12.1 Å². The van der Waals surface area contributed by atoms with E-state index in [1.807, 2.05) is 38.1 Å². The van der Waals surface area contributed by atoms with Crippen molar-refractivity contribution in [3.05, 3.63) is 124 Å². The van der Waals surface area contributed by atoms with Gasteiger partial charge in [0.1, 0.15) is 16.7 Å². The minimum Gasteiger partial charge on any atom is -0.748 e. The molecule has 1 N–H and O–H groups in total. The molecular weight excluding hydrogens is 1040 g/mol. The summed E-state index contributed by atoms with van der Waals surface area (Å²) >= 11 is 1.70. The number of aliphatic carboxylic acids is 1. The van der Waals surface area contributed by atoms with Gasteiger partial charge in [0.25, 0.3) is 0 Å². The number of fused-ring (bicyclic) bond motifs is 2. The fraction of sp³-hybridized carbons (Fsp3) is 0.429. The summed E-state index contributed by atoms with van der Waals surface area (Å²) in [5.41, 5.74) is 9.11. The number of hydrogen-bond donors (Lipinski definition) is 1. The minimum absolute atomic E-state index is 0. The maximum absolute atomic E-state index is 12.2. The van der Waals surface area contributed by atoms with Gasteiger partial charge in [-0.05, 0) is 141 Å². The van der Waals surface area contributed by atoms with Crippen molar-refractivity contribution < 1.29 is 158 Å². The number of unbranched alkanes of at least 4 members (excludes halogenated alkanes) is 3. The summed E-state index contributed by atoms with van der Waals surface area (Å²) in [7, 11) is -9.13. The first kappa shape index (κ1) is 65.1. The molecule has 0 fully saturated rings. The van der Waals surface area contributed by atoms with Gasteiger partial charge in [0.2, 0.25) is 5.69 Å². The van der Waals surface area contributed by atoms with Crippen LogP contribution in [0.4, 0.5) is 11.4 Å². The Morgan fingerprint density at radius 1 is 0.819 bits per heavy atom. The number of carbonyl (C=O) groups is 1. The molecule has 6 rings (SSSR count). The molecule has 0 spiro atoms. The van der Waals surface area contributed by atoms with Crippen LogP contribution < -0.4 is 104 Å². The second-order valence-electron chi connectivity index (χ2n) is 18.2. The van der Waals surface area contributed by atoms with Crippen molar-refractivity contribution in [2.24, 2.45) is 0 Å². The molecule has 0 amide bonds. The van der Waals surface area contributed by atoms with E-state index in [4.69, 9.17) is 0 Å². The molecule has 0 unspecified atom stereocenters. The summed E-state index contributed by atoms with van der Waals surface area (Å²) in [5.74, 6) is -0.797. The van der Waals surface area contributed by atoms with Gasteiger partial charge >= 0.3 is 94.6 Å². The number of hydrogen-bond acceptors (Lipinski definition) is 16. The van der Waals surface area contributed by atoms with E-state index in [-0.39, 0.29) is 106 Å². The molecule has 374 valence electrons. The van der Waals surface area contributed by atoms with Gasteiger partial charge < -0.3 is 29.6 Å². The van der Waals surface area contributed by atoms with Gasteiger partial charge in [0.15, 0.2) is 5.71 Å². The molecule has 0 saturated carbocycles. The summed E-state index contributed by atoms with van der Waals surface area (Å²) in [4.78, 5) is 13.8. The van der Waals surface area contributed by atoms with Crippen molar-refractivity contribution in [3.8, 4) is 0 Å². The van der Waals surface area contributed by atoms with Gasteiger partial charge in [0, 0.05) is 82.3 Å². The summed E-state index contributed by atoms with van der Waals surface area (Å²) < 4.78 is 82.4. The first-order chi connectivity index (χ1) is 32.8. The first-order valence-corrected chi connectivity index (χ1v) is 27.4. The number of rotatable bonds is 25. The number of benzene rings is 3. The molecule has 0 radical (unpaired) electrons. The number of anilines is 1. The van der Waals surface area contributed by atoms with E-state index in [0.717, 1.165) is 99.5 Å². The van der Waals surface area contributed by atoms with E-state index in [2.05, 4.69) is 78.5 Å². The number of carboxylic acid groups (broad SMARTS) is 1. The third-order valence-corrected chi connectivity index (χ3v) is 15.7. The average molecular weight is 1100 g/mol. The van der Waals surface area contributed by atoms with Crippen molar-refractivity contribution >= 4 is 73.0 Å². The maximum Gasteiger partial charge on any atom is 1.00 e. The Labute approximate surface area is 498 Å². The van der Waals surface area contributed by atoms with Crippen LogP contribution >= 0.6 is 24.1 Å². The van der Waals surface area contributed by atoms with E-state index in [1.54, 1.807) is 12.1 Å². The van der Waals surface area contributed by atoms with Crippen LogP contribution in [-0.4, -0.2) is 71.9 Å². The van der Waals surface area contributed by atoms with Gasteiger partial charge in [-0.25, -0.2) is 16.8 Å². The van der Waals surface area contributed by atoms with Crippen LogP contribution in [0.2, 0.25) is 0 Å². The Morgan fingerprint density at radius 2 is 1.57 bits per heavy atom. The third-order valence-electron chi connectivity index (χ3n) is 12.9. The Morgan fingerprint density at radius 3 is 2.26 bits per heavy atom. The number of carboxylic acids is 1. The van der Waals surface area contributed by atoms with Gasteiger partial charge in [-0.2, -0.15) is 13.2 Å². The largest absolute Gasteiger partial charge is 1.00 e. The normalized spacial score (nSPS) is 17.2. The summed E-state index contributed by atoms with van der Waals surface area (Å²) in [6.45, 7) is 9.17. The zero-order valence-electron chi connectivity index (χ0n) is 42.0. The molecule has 2 aliphatic heterocycles. The van der Waals surface area contributed by atoms with Crippen LogP contribution in [0, 0.1) is 0 Å². The maximum atomic E-state index is 12.2. The SMILES string of the molecule is CC1(C)C(/C=C/C2=C(c3cccc(CCCCC(=O)O)c3)C(=C/C=C3/N(CCCCSOO[O-])c4ccc(S(=O)(=O)[O-])cc4C3(C)C)/CCC2)=[N+](CCCCS(=O)(=O)[O-])c2ccc(SOO[O-])cc21.[Na+].[Na+].[Na+]. The Kier molecular flexibility index (Phi) is 26.7. The molecule has 16 nitrogen and oxygen atoms in total. The molecule has 72 heavy (non-hydrogen) atoms. The van der Waals surface area contributed by atoms with Crippen LogP contribution in [0.1, 0.15) is 114 Å². The molecule has 2 heterocycles. The van der Waals surface area contributed by atoms with E-state index >= 15 is 0 Å². The van der Waals surface area contributed by atoms with Crippen LogP contribution in [0.25, 0.3) is 5.57 Å². The van der Waals surface area contributed by atoms with Gasteiger partial charge in [-0.3, -0.25) is 14.9 Å². The molecule has 1 aliphatic carbocycles. The fourth-order valence-electron chi connectivity index (χ4n) is 9.56. The van der Waals surface area contributed by atoms with E-state index < -0.39 is 42.8 Å². The Balaban J connectivity index is 0.00000456. The van der Waals surface area contributed by atoms with Crippen LogP contribution in [0.5, 0.6) is 0 Å². The average Bonchev–Trinajstić information content (AvgIpc) is 3.64. The topological polar surface area (TPSA) is 241 Å². The second-order valence-corrected chi connectivity index (χ2v) is 22.7. The van der Waals surface area contributed by atoms with E-state index in [9.17, 15) is 46.4 Å².